The first kappa shape index (κ1) is 11.9. The van der Waals surface area contributed by atoms with Crippen molar-refractivity contribution in [1.82, 2.24) is 0 Å². The van der Waals surface area contributed by atoms with E-state index >= 15 is 0 Å². The Balaban J connectivity index is 2.29. The van der Waals surface area contributed by atoms with E-state index in [1.807, 2.05) is 4.90 Å². The topological polar surface area (TPSA) is 52.6 Å². The summed E-state index contributed by atoms with van der Waals surface area (Å²) in [5.74, 6) is -0.476. The van der Waals surface area contributed by atoms with Gasteiger partial charge in [-0.1, -0.05) is 0 Å². The summed E-state index contributed by atoms with van der Waals surface area (Å²) in [5, 5.41) is 11.5. The molecule has 0 aliphatic carbocycles. The third-order valence-corrected chi connectivity index (χ3v) is 2.77. The molecule has 0 saturated carbocycles. The van der Waals surface area contributed by atoms with Crippen LogP contribution in [0.1, 0.15) is 12.8 Å². The molecule has 1 aromatic rings. The van der Waals surface area contributed by atoms with Crippen LogP contribution >= 0.6 is 0 Å². The van der Waals surface area contributed by atoms with Gasteiger partial charge in [0.15, 0.2) is 0 Å². The number of amides is 1. The zero-order valence-corrected chi connectivity index (χ0v) is 9.45. The number of aliphatic hydroxyl groups is 1. The second-order valence-corrected chi connectivity index (χ2v) is 4.02. The van der Waals surface area contributed by atoms with E-state index in [1.165, 1.54) is 12.1 Å². The van der Waals surface area contributed by atoms with E-state index in [1.54, 1.807) is 6.07 Å². The van der Waals surface area contributed by atoms with Crippen LogP contribution in [-0.4, -0.2) is 30.7 Å². The fourth-order valence-corrected chi connectivity index (χ4v) is 1.95. The lowest BCUT2D eigenvalue weighted by atomic mass is 10.2. The number of fused-ring (bicyclic) bond motifs is 1. The van der Waals surface area contributed by atoms with Crippen LogP contribution in [0, 0.1) is 5.82 Å². The van der Waals surface area contributed by atoms with Crippen molar-refractivity contribution in [1.29, 1.82) is 0 Å². The SMILES string of the molecule is O=C1CCN(CCCO)c2ccc(F)cc2N1. The van der Waals surface area contributed by atoms with Gasteiger partial charge in [-0.2, -0.15) is 0 Å². The fourth-order valence-electron chi connectivity index (χ4n) is 1.95. The Bertz CT molecular complexity index is 423. The summed E-state index contributed by atoms with van der Waals surface area (Å²) in [6.07, 6.45) is 1.01. The number of halogens is 1. The average Bonchev–Trinajstić information content (AvgIpc) is 2.45. The van der Waals surface area contributed by atoms with Crippen molar-refractivity contribution in [2.24, 2.45) is 0 Å². The van der Waals surface area contributed by atoms with Gasteiger partial charge in [-0.3, -0.25) is 4.79 Å². The Morgan fingerprint density at radius 1 is 1.47 bits per heavy atom. The van der Waals surface area contributed by atoms with Crippen molar-refractivity contribution in [2.45, 2.75) is 12.8 Å². The number of nitrogens with one attached hydrogen (secondary N) is 1. The van der Waals surface area contributed by atoms with Gasteiger partial charge in [-0.05, 0) is 24.6 Å². The summed E-state index contributed by atoms with van der Waals surface area (Å²) in [7, 11) is 0. The zero-order valence-electron chi connectivity index (χ0n) is 9.45. The minimum Gasteiger partial charge on any atom is -0.396 e. The Kier molecular flexibility index (Phi) is 3.58. The van der Waals surface area contributed by atoms with Crippen molar-refractivity contribution in [2.75, 3.05) is 29.9 Å². The maximum Gasteiger partial charge on any atom is 0.226 e. The molecule has 0 unspecified atom stereocenters. The van der Waals surface area contributed by atoms with E-state index in [0.29, 0.717) is 31.6 Å². The number of hydrogen-bond acceptors (Lipinski definition) is 3. The number of benzene rings is 1. The van der Waals surface area contributed by atoms with Gasteiger partial charge in [0, 0.05) is 26.1 Å². The van der Waals surface area contributed by atoms with Crippen LogP contribution < -0.4 is 10.2 Å². The summed E-state index contributed by atoms with van der Waals surface area (Å²) in [6.45, 7) is 1.35. The lowest BCUT2D eigenvalue weighted by Crippen LogP contribution is -2.26. The molecule has 92 valence electrons. The molecule has 0 radical (unpaired) electrons. The molecule has 1 amide bonds. The third kappa shape index (κ3) is 2.74. The van der Waals surface area contributed by atoms with Gasteiger partial charge >= 0.3 is 0 Å². The maximum atomic E-state index is 13.1. The van der Waals surface area contributed by atoms with Gasteiger partial charge in [0.1, 0.15) is 5.82 Å². The van der Waals surface area contributed by atoms with E-state index in [-0.39, 0.29) is 18.3 Å². The predicted octanol–water partition coefficient (Wildman–Crippen LogP) is 1.36. The van der Waals surface area contributed by atoms with Gasteiger partial charge in [-0.25, -0.2) is 4.39 Å². The first-order valence-corrected chi connectivity index (χ1v) is 5.66. The van der Waals surface area contributed by atoms with E-state index < -0.39 is 0 Å². The molecule has 5 heteroatoms. The highest BCUT2D eigenvalue weighted by Gasteiger charge is 2.18. The van der Waals surface area contributed by atoms with Crippen LogP contribution in [-0.2, 0) is 4.79 Å². The number of carbonyl (C=O) groups excluding carboxylic acids is 1. The molecule has 17 heavy (non-hydrogen) atoms. The summed E-state index contributed by atoms with van der Waals surface area (Å²) >= 11 is 0. The van der Waals surface area contributed by atoms with E-state index in [4.69, 9.17) is 5.11 Å². The van der Waals surface area contributed by atoms with Crippen LogP contribution in [0.15, 0.2) is 18.2 Å². The summed E-state index contributed by atoms with van der Waals surface area (Å²) in [4.78, 5) is 13.5. The predicted molar refractivity (Wildman–Crippen MR) is 63.6 cm³/mol. The van der Waals surface area contributed by atoms with Crippen molar-refractivity contribution in [3.8, 4) is 0 Å². The molecule has 1 aromatic carbocycles. The van der Waals surface area contributed by atoms with Crippen molar-refractivity contribution in [3.63, 3.8) is 0 Å². The largest absolute Gasteiger partial charge is 0.396 e. The minimum atomic E-state index is -0.368. The smallest absolute Gasteiger partial charge is 0.226 e. The van der Waals surface area contributed by atoms with E-state index in [0.717, 1.165) is 5.69 Å². The van der Waals surface area contributed by atoms with Crippen LogP contribution in [0.25, 0.3) is 0 Å². The van der Waals surface area contributed by atoms with Crippen LogP contribution in [0.2, 0.25) is 0 Å². The monoisotopic (exact) mass is 238 g/mol. The molecular weight excluding hydrogens is 223 g/mol. The Morgan fingerprint density at radius 3 is 3.06 bits per heavy atom. The van der Waals surface area contributed by atoms with Gasteiger partial charge in [0.05, 0.1) is 11.4 Å². The van der Waals surface area contributed by atoms with E-state index in [9.17, 15) is 9.18 Å². The zero-order chi connectivity index (χ0) is 12.3. The quantitative estimate of drug-likeness (QED) is 0.836. The molecule has 4 nitrogen and oxygen atoms in total. The lowest BCUT2D eigenvalue weighted by molar-refractivity contribution is -0.115. The maximum absolute atomic E-state index is 13.1. The Hall–Kier alpha value is -1.62. The molecule has 0 atom stereocenters. The number of aliphatic hydroxyl groups excluding tert-OH is 1. The van der Waals surface area contributed by atoms with E-state index in [2.05, 4.69) is 5.32 Å². The molecule has 2 rings (SSSR count). The Labute approximate surface area is 99.0 Å². The highest BCUT2D eigenvalue weighted by Crippen LogP contribution is 2.29. The number of rotatable bonds is 3. The number of hydrogen-bond donors (Lipinski definition) is 2. The molecule has 1 heterocycles. The molecule has 0 fully saturated rings. The fraction of sp³-hybridized carbons (Fsp3) is 0.417. The highest BCUT2D eigenvalue weighted by molar-refractivity contribution is 5.96. The van der Waals surface area contributed by atoms with Crippen molar-refractivity contribution < 1.29 is 14.3 Å². The first-order valence-electron chi connectivity index (χ1n) is 5.66. The number of nitrogens with zero attached hydrogens (tertiary/aromatic N) is 1. The highest BCUT2D eigenvalue weighted by atomic mass is 19.1. The molecule has 0 saturated heterocycles. The van der Waals surface area contributed by atoms with Crippen LogP contribution in [0.3, 0.4) is 0 Å². The number of anilines is 2. The number of carbonyl (C=O) groups is 1. The molecule has 2 N–H and O–H groups in total. The first-order chi connectivity index (χ1) is 8.20. The second kappa shape index (κ2) is 5.14. The van der Waals surface area contributed by atoms with Gasteiger partial charge in [0.25, 0.3) is 0 Å². The van der Waals surface area contributed by atoms with Crippen LogP contribution in [0.4, 0.5) is 15.8 Å². The molecule has 0 spiro atoms. The molecule has 0 aromatic heterocycles. The van der Waals surface area contributed by atoms with Crippen LogP contribution in [0.5, 0.6) is 0 Å². The molecule has 1 aliphatic heterocycles. The third-order valence-electron chi connectivity index (χ3n) is 2.77. The average molecular weight is 238 g/mol. The summed E-state index contributed by atoms with van der Waals surface area (Å²) in [5.41, 5.74) is 1.32. The Morgan fingerprint density at radius 2 is 2.29 bits per heavy atom. The standard InChI is InChI=1S/C12H15FN2O2/c13-9-2-3-11-10(8-9)14-12(17)4-6-15(11)5-1-7-16/h2-3,8,16H,1,4-7H2,(H,14,17). The van der Waals surface area contributed by atoms with Gasteiger partial charge in [-0.15, -0.1) is 0 Å². The summed E-state index contributed by atoms with van der Waals surface area (Å²) < 4.78 is 13.1. The second-order valence-electron chi connectivity index (χ2n) is 4.02. The summed E-state index contributed by atoms with van der Waals surface area (Å²) in [6, 6.07) is 4.36. The van der Waals surface area contributed by atoms with Crippen molar-refractivity contribution in [3.05, 3.63) is 24.0 Å². The van der Waals surface area contributed by atoms with Gasteiger partial charge in [0.2, 0.25) is 5.91 Å². The lowest BCUT2D eigenvalue weighted by Gasteiger charge is -2.23. The molecule has 1 aliphatic rings. The normalized spacial score (nSPS) is 15.2. The van der Waals surface area contributed by atoms with Crippen molar-refractivity contribution >= 4 is 17.3 Å². The van der Waals surface area contributed by atoms with Gasteiger partial charge < -0.3 is 15.3 Å². The molecular formula is C12H15FN2O2. The minimum absolute atomic E-state index is 0.106. The molecule has 0 bridgehead atoms.